The van der Waals surface area contributed by atoms with E-state index in [0.29, 0.717) is 5.75 Å². The molecule has 1 N–H and O–H groups in total. The van der Waals surface area contributed by atoms with Gasteiger partial charge in [0, 0.05) is 6.20 Å². The van der Waals surface area contributed by atoms with Crippen LogP contribution in [0.1, 0.15) is 11.8 Å². The molecule has 1 heterocycles. The van der Waals surface area contributed by atoms with Gasteiger partial charge in [-0.15, -0.1) is 0 Å². The van der Waals surface area contributed by atoms with Gasteiger partial charge in [-0.1, -0.05) is 0 Å². The molecule has 0 spiro atoms. The quantitative estimate of drug-likeness (QED) is 0.740. The zero-order chi connectivity index (χ0) is 8.97. The second-order valence-corrected chi connectivity index (χ2v) is 2.26. The lowest BCUT2D eigenvalue weighted by Gasteiger charge is -2.09. The molecule has 0 aliphatic carbocycles. The van der Waals surface area contributed by atoms with E-state index >= 15 is 0 Å². The van der Waals surface area contributed by atoms with Crippen LogP contribution in [0.15, 0.2) is 18.3 Å². The highest BCUT2D eigenvalue weighted by molar-refractivity contribution is 5.28. The van der Waals surface area contributed by atoms with Crippen molar-refractivity contribution in [2.75, 3.05) is 13.8 Å². The monoisotopic (exact) mass is 171 g/mol. The number of aliphatic hydroxyl groups is 1. The number of rotatable bonds is 3. The average molecular weight is 171 g/mol. The third-order valence-corrected chi connectivity index (χ3v) is 1.48. The first kappa shape index (κ1) is 8.93. The van der Waals surface area contributed by atoms with Gasteiger partial charge in [0.2, 0.25) is 0 Å². The minimum Gasteiger partial charge on any atom is -0.495 e. The smallest absolute Gasteiger partial charge is 0.143 e. The van der Waals surface area contributed by atoms with Gasteiger partial charge in [0.15, 0.2) is 0 Å². The van der Waals surface area contributed by atoms with Crippen LogP contribution in [0, 0.1) is 0 Å². The fraction of sp³-hybridized carbons (Fsp3) is 0.375. The number of pyridine rings is 1. The summed E-state index contributed by atoms with van der Waals surface area (Å²) < 4.78 is 16.9. The van der Waals surface area contributed by atoms with Gasteiger partial charge in [0.25, 0.3) is 0 Å². The van der Waals surface area contributed by atoms with E-state index in [-0.39, 0.29) is 5.69 Å². The molecule has 1 unspecified atom stereocenters. The summed E-state index contributed by atoms with van der Waals surface area (Å²) in [6, 6.07) is 3.29. The van der Waals surface area contributed by atoms with E-state index < -0.39 is 12.8 Å². The largest absolute Gasteiger partial charge is 0.495 e. The molecule has 1 aromatic heterocycles. The summed E-state index contributed by atoms with van der Waals surface area (Å²) in [5.74, 6) is 0.405. The molecule has 1 aromatic rings. The van der Waals surface area contributed by atoms with Crippen LogP contribution >= 0.6 is 0 Å². The number of nitrogens with zero attached hydrogens (tertiary/aromatic N) is 1. The summed E-state index contributed by atoms with van der Waals surface area (Å²) in [5.41, 5.74) is 0.238. The molecule has 0 aliphatic rings. The van der Waals surface area contributed by atoms with Crippen molar-refractivity contribution in [2.45, 2.75) is 6.10 Å². The van der Waals surface area contributed by atoms with Crippen LogP contribution in [0.4, 0.5) is 4.39 Å². The molecule has 12 heavy (non-hydrogen) atoms. The van der Waals surface area contributed by atoms with Crippen LogP contribution in [-0.4, -0.2) is 23.9 Å². The van der Waals surface area contributed by atoms with E-state index in [9.17, 15) is 4.39 Å². The zero-order valence-corrected chi connectivity index (χ0v) is 6.70. The van der Waals surface area contributed by atoms with Gasteiger partial charge in [-0.25, -0.2) is 4.39 Å². The molecule has 3 nitrogen and oxygen atoms in total. The van der Waals surface area contributed by atoms with Crippen molar-refractivity contribution in [3.63, 3.8) is 0 Å². The molecule has 0 aliphatic heterocycles. The van der Waals surface area contributed by atoms with E-state index in [0.717, 1.165) is 0 Å². The fourth-order valence-corrected chi connectivity index (χ4v) is 0.899. The molecular formula is C8H10FNO2. The molecule has 1 rings (SSSR count). The Hall–Kier alpha value is -1.16. The van der Waals surface area contributed by atoms with Gasteiger partial charge in [-0.3, -0.25) is 4.98 Å². The van der Waals surface area contributed by atoms with Crippen LogP contribution in [0.25, 0.3) is 0 Å². The van der Waals surface area contributed by atoms with Crippen molar-refractivity contribution < 1.29 is 14.2 Å². The highest BCUT2D eigenvalue weighted by Crippen LogP contribution is 2.21. The Bertz CT molecular complexity index is 255. The molecule has 66 valence electrons. The summed E-state index contributed by atoms with van der Waals surface area (Å²) in [6.45, 7) is -0.854. The third kappa shape index (κ3) is 1.71. The van der Waals surface area contributed by atoms with Gasteiger partial charge in [-0.05, 0) is 12.1 Å². The molecule has 0 saturated heterocycles. The minimum absolute atomic E-state index is 0.238. The minimum atomic E-state index is -1.19. The van der Waals surface area contributed by atoms with Gasteiger partial charge in [0.05, 0.1) is 7.11 Å². The van der Waals surface area contributed by atoms with Crippen LogP contribution in [0.3, 0.4) is 0 Å². The SMILES string of the molecule is COc1cccnc1C(O)CF. The van der Waals surface area contributed by atoms with E-state index in [4.69, 9.17) is 9.84 Å². The first-order valence-corrected chi connectivity index (χ1v) is 3.52. The topological polar surface area (TPSA) is 42.4 Å². The van der Waals surface area contributed by atoms with Crippen molar-refractivity contribution in [1.29, 1.82) is 0 Å². The number of aliphatic hydroxyl groups excluding tert-OH is 1. The summed E-state index contributed by atoms with van der Waals surface area (Å²) in [7, 11) is 1.45. The Morgan fingerprint density at radius 1 is 1.75 bits per heavy atom. The number of hydrogen-bond donors (Lipinski definition) is 1. The van der Waals surface area contributed by atoms with Crippen LogP contribution in [0.5, 0.6) is 5.75 Å². The Morgan fingerprint density at radius 3 is 3.08 bits per heavy atom. The highest BCUT2D eigenvalue weighted by Gasteiger charge is 2.13. The average Bonchev–Trinajstić information content (AvgIpc) is 2.16. The molecule has 1 atom stereocenters. The first-order chi connectivity index (χ1) is 5.79. The maximum atomic E-state index is 12.0. The predicted octanol–water partition coefficient (Wildman–Crippen LogP) is 1.09. The second-order valence-electron chi connectivity index (χ2n) is 2.26. The molecule has 0 bridgehead atoms. The molecule has 0 amide bonds. The second kappa shape index (κ2) is 4.01. The van der Waals surface area contributed by atoms with Crippen molar-refractivity contribution in [2.24, 2.45) is 0 Å². The summed E-state index contributed by atoms with van der Waals surface area (Å²) in [4.78, 5) is 3.81. The number of halogens is 1. The van der Waals surface area contributed by atoms with Gasteiger partial charge < -0.3 is 9.84 Å². The zero-order valence-electron chi connectivity index (χ0n) is 6.70. The van der Waals surface area contributed by atoms with E-state index in [2.05, 4.69) is 4.98 Å². The number of ether oxygens (including phenoxy) is 1. The lowest BCUT2D eigenvalue weighted by Crippen LogP contribution is -2.04. The van der Waals surface area contributed by atoms with Gasteiger partial charge >= 0.3 is 0 Å². The molecular weight excluding hydrogens is 161 g/mol. The summed E-state index contributed by atoms with van der Waals surface area (Å²) in [5, 5.41) is 9.12. The van der Waals surface area contributed by atoms with Crippen molar-refractivity contribution in [3.8, 4) is 5.75 Å². The Labute approximate surface area is 69.8 Å². The Kier molecular flexibility index (Phi) is 2.99. The van der Waals surface area contributed by atoms with Gasteiger partial charge in [-0.2, -0.15) is 0 Å². The lowest BCUT2D eigenvalue weighted by molar-refractivity contribution is 0.134. The maximum Gasteiger partial charge on any atom is 0.143 e. The van der Waals surface area contributed by atoms with Crippen molar-refractivity contribution >= 4 is 0 Å². The van der Waals surface area contributed by atoms with Crippen LogP contribution < -0.4 is 4.74 Å². The van der Waals surface area contributed by atoms with Gasteiger partial charge in [0.1, 0.15) is 24.2 Å². The number of aromatic nitrogens is 1. The number of methoxy groups -OCH3 is 1. The highest BCUT2D eigenvalue weighted by atomic mass is 19.1. The van der Waals surface area contributed by atoms with E-state index in [1.54, 1.807) is 12.1 Å². The number of hydrogen-bond acceptors (Lipinski definition) is 3. The Morgan fingerprint density at radius 2 is 2.50 bits per heavy atom. The van der Waals surface area contributed by atoms with Crippen LogP contribution in [0.2, 0.25) is 0 Å². The third-order valence-electron chi connectivity index (χ3n) is 1.48. The predicted molar refractivity (Wildman–Crippen MR) is 41.7 cm³/mol. The fourth-order valence-electron chi connectivity index (χ4n) is 0.899. The standard InChI is InChI=1S/C8H10FNO2/c1-12-7-3-2-4-10-8(7)6(11)5-9/h2-4,6,11H,5H2,1H3. The first-order valence-electron chi connectivity index (χ1n) is 3.52. The lowest BCUT2D eigenvalue weighted by atomic mass is 10.2. The molecule has 0 fully saturated rings. The number of alkyl halides is 1. The maximum absolute atomic E-state index is 12.0. The Balaban J connectivity index is 2.96. The summed E-state index contributed by atoms with van der Waals surface area (Å²) in [6.07, 6.45) is 0.289. The normalized spacial score (nSPS) is 12.6. The molecule has 0 saturated carbocycles. The summed E-state index contributed by atoms with van der Waals surface area (Å²) >= 11 is 0. The van der Waals surface area contributed by atoms with Crippen LogP contribution in [-0.2, 0) is 0 Å². The van der Waals surface area contributed by atoms with E-state index in [1.807, 2.05) is 0 Å². The van der Waals surface area contributed by atoms with Crippen molar-refractivity contribution in [1.82, 2.24) is 4.98 Å². The van der Waals surface area contributed by atoms with E-state index in [1.165, 1.54) is 13.3 Å². The van der Waals surface area contributed by atoms with Crippen molar-refractivity contribution in [3.05, 3.63) is 24.0 Å². The molecule has 4 heteroatoms. The molecule has 0 aromatic carbocycles. The molecule has 0 radical (unpaired) electrons.